The number of H-pyrrole nitrogens is 1. The summed E-state index contributed by atoms with van der Waals surface area (Å²) in [5.74, 6) is 1.29. The summed E-state index contributed by atoms with van der Waals surface area (Å²) < 4.78 is 10.9. The Bertz CT molecular complexity index is 966. The van der Waals surface area contributed by atoms with Crippen LogP contribution in [0.5, 0.6) is 11.5 Å². The maximum Gasteiger partial charge on any atom is 0.259 e. The van der Waals surface area contributed by atoms with Crippen molar-refractivity contribution in [2.75, 3.05) is 13.7 Å². The van der Waals surface area contributed by atoms with Crippen LogP contribution in [0.4, 0.5) is 0 Å². The predicted octanol–water partition coefficient (Wildman–Crippen LogP) is 3.82. The van der Waals surface area contributed by atoms with Gasteiger partial charge in [0.25, 0.3) is 5.56 Å². The third-order valence-corrected chi connectivity index (χ3v) is 3.74. The molecule has 0 unspecified atom stereocenters. The zero-order chi connectivity index (χ0) is 17.1. The number of ether oxygens (including phenoxy) is 2. The molecule has 0 saturated carbocycles. The first-order valence-electron chi connectivity index (χ1n) is 7.24. The van der Waals surface area contributed by atoms with Crippen LogP contribution >= 0.6 is 11.6 Å². The van der Waals surface area contributed by atoms with E-state index < -0.39 is 0 Å². The zero-order valence-corrected chi connectivity index (χ0v) is 13.8. The van der Waals surface area contributed by atoms with Gasteiger partial charge in [-0.25, -0.2) is 4.98 Å². The van der Waals surface area contributed by atoms with Gasteiger partial charge in [-0.3, -0.25) is 4.79 Å². The summed E-state index contributed by atoms with van der Waals surface area (Å²) in [4.78, 5) is 19.5. The van der Waals surface area contributed by atoms with E-state index in [0.717, 1.165) is 0 Å². The van der Waals surface area contributed by atoms with Crippen molar-refractivity contribution >= 4 is 22.5 Å². The Morgan fingerprint density at radius 1 is 1.33 bits per heavy atom. The number of nitrogens with zero attached hydrogens (tertiary/aromatic N) is 1. The molecule has 0 amide bonds. The van der Waals surface area contributed by atoms with E-state index in [2.05, 4.69) is 16.5 Å². The Balaban J connectivity index is 2.14. The highest BCUT2D eigenvalue weighted by atomic mass is 35.5. The molecule has 24 heavy (non-hydrogen) atoms. The van der Waals surface area contributed by atoms with Crippen LogP contribution in [0.3, 0.4) is 0 Å². The smallest absolute Gasteiger partial charge is 0.259 e. The number of benzene rings is 2. The van der Waals surface area contributed by atoms with Gasteiger partial charge in [-0.2, -0.15) is 0 Å². The highest BCUT2D eigenvalue weighted by Gasteiger charge is 2.14. The maximum absolute atomic E-state index is 12.2. The Morgan fingerprint density at radius 3 is 2.88 bits per heavy atom. The second kappa shape index (κ2) is 6.76. The molecule has 0 bridgehead atoms. The summed E-state index contributed by atoms with van der Waals surface area (Å²) in [5.41, 5.74) is 1.03. The molecule has 3 aromatic rings. The van der Waals surface area contributed by atoms with Crippen molar-refractivity contribution in [2.24, 2.45) is 0 Å². The second-order valence-corrected chi connectivity index (χ2v) is 5.43. The van der Waals surface area contributed by atoms with Crippen molar-refractivity contribution in [2.45, 2.75) is 0 Å². The molecule has 1 heterocycles. The lowest BCUT2D eigenvalue weighted by atomic mass is 10.1. The van der Waals surface area contributed by atoms with Crippen LogP contribution in [0.1, 0.15) is 0 Å². The largest absolute Gasteiger partial charge is 0.493 e. The lowest BCUT2D eigenvalue weighted by Crippen LogP contribution is -2.09. The molecule has 0 aliphatic carbocycles. The number of aromatic nitrogens is 2. The Morgan fingerprint density at radius 2 is 2.12 bits per heavy atom. The topological polar surface area (TPSA) is 64.2 Å². The minimum absolute atomic E-state index is 0.210. The molecule has 1 N–H and O–H groups in total. The van der Waals surface area contributed by atoms with Crippen molar-refractivity contribution < 1.29 is 9.47 Å². The minimum atomic E-state index is -0.210. The van der Waals surface area contributed by atoms with Crippen molar-refractivity contribution in [1.29, 1.82) is 0 Å². The van der Waals surface area contributed by atoms with E-state index in [4.69, 9.17) is 21.1 Å². The monoisotopic (exact) mass is 342 g/mol. The Kier molecular flexibility index (Phi) is 4.53. The van der Waals surface area contributed by atoms with Gasteiger partial charge in [0.1, 0.15) is 12.4 Å². The van der Waals surface area contributed by atoms with Gasteiger partial charge >= 0.3 is 0 Å². The fourth-order valence-electron chi connectivity index (χ4n) is 2.36. The van der Waals surface area contributed by atoms with E-state index in [9.17, 15) is 4.79 Å². The Labute approximate surface area is 143 Å². The summed E-state index contributed by atoms with van der Waals surface area (Å²) in [5, 5.41) is 0.896. The summed E-state index contributed by atoms with van der Waals surface area (Å²) in [6.07, 6.45) is 1.62. The molecule has 0 aliphatic heterocycles. The summed E-state index contributed by atoms with van der Waals surface area (Å²) in [6, 6.07) is 10.5. The first-order valence-corrected chi connectivity index (χ1v) is 7.62. The average molecular weight is 343 g/mol. The van der Waals surface area contributed by atoms with Gasteiger partial charge in [0, 0.05) is 5.56 Å². The van der Waals surface area contributed by atoms with Gasteiger partial charge in [-0.05, 0) is 24.3 Å². The highest BCUT2D eigenvalue weighted by molar-refractivity contribution is 6.32. The summed E-state index contributed by atoms with van der Waals surface area (Å²) in [7, 11) is 1.52. The van der Waals surface area contributed by atoms with Crippen molar-refractivity contribution in [1.82, 2.24) is 9.97 Å². The molecule has 0 aliphatic rings. The summed E-state index contributed by atoms with van der Waals surface area (Å²) >= 11 is 6.30. The Hall–Kier alpha value is -2.79. The van der Waals surface area contributed by atoms with E-state index in [1.54, 1.807) is 36.4 Å². The fraction of sp³-hybridized carbons (Fsp3) is 0.111. The molecule has 0 atom stereocenters. The van der Waals surface area contributed by atoms with E-state index in [1.807, 2.05) is 6.07 Å². The lowest BCUT2D eigenvalue weighted by molar-refractivity contribution is 0.327. The molecule has 0 radical (unpaired) electrons. The van der Waals surface area contributed by atoms with E-state index in [0.29, 0.717) is 45.4 Å². The van der Waals surface area contributed by atoms with Crippen LogP contribution in [-0.4, -0.2) is 23.7 Å². The van der Waals surface area contributed by atoms with Crippen LogP contribution in [0.25, 0.3) is 22.3 Å². The lowest BCUT2D eigenvalue weighted by Gasteiger charge is -2.13. The number of para-hydroxylation sites is 1. The first-order chi connectivity index (χ1) is 11.6. The SMILES string of the molecule is C=CCOc1c(Cl)cc(-c2nc3ccccc3c(=O)[nH]2)cc1OC. The van der Waals surface area contributed by atoms with E-state index >= 15 is 0 Å². The number of nitrogens with one attached hydrogen (secondary N) is 1. The van der Waals surface area contributed by atoms with Crippen LogP contribution in [0.15, 0.2) is 53.8 Å². The van der Waals surface area contributed by atoms with Crippen molar-refractivity contribution in [3.8, 4) is 22.9 Å². The normalized spacial score (nSPS) is 10.6. The molecule has 0 fully saturated rings. The number of methoxy groups -OCH3 is 1. The molecule has 0 spiro atoms. The second-order valence-electron chi connectivity index (χ2n) is 5.02. The van der Waals surface area contributed by atoms with Crippen molar-refractivity contribution in [3.05, 3.63) is 64.4 Å². The number of hydrogen-bond acceptors (Lipinski definition) is 4. The van der Waals surface area contributed by atoms with Crippen LogP contribution < -0.4 is 15.0 Å². The number of fused-ring (bicyclic) bond motifs is 1. The van der Waals surface area contributed by atoms with Gasteiger partial charge < -0.3 is 14.5 Å². The molecule has 1 aromatic heterocycles. The van der Waals surface area contributed by atoms with Gasteiger partial charge in [-0.15, -0.1) is 0 Å². The summed E-state index contributed by atoms with van der Waals surface area (Å²) in [6.45, 7) is 3.91. The molecule has 0 saturated heterocycles. The van der Waals surface area contributed by atoms with Gasteiger partial charge in [0.05, 0.1) is 23.0 Å². The average Bonchev–Trinajstić information content (AvgIpc) is 2.60. The van der Waals surface area contributed by atoms with Crippen LogP contribution in [0, 0.1) is 0 Å². The van der Waals surface area contributed by atoms with Crippen LogP contribution in [-0.2, 0) is 0 Å². The minimum Gasteiger partial charge on any atom is -0.493 e. The number of halogens is 1. The number of hydrogen-bond donors (Lipinski definition) is 1. The van der Waals surface area contributed by atoms with Gasteiger partial charge in [0.15, 0.2) is 11.5 Å². The molecular formula is C18H15ClN2O3. The standard InChI is InChI=1S/C18H15ClN2O3/c1-3-8-24-16-13(19)9-11(10-15(16)23-2)17-20-14-7-5-4-6-12(14)18(22)21-17/h3-7,9-10H,1,8H2,2H3,(H,20,21,22). The molecule has 6 heteroatoms. The van der Waals surface area contributed by atoms with Crippen molar-refractivity contribution in [3.63, 3.8) is 0 Å². The van der Waals surface area contributed by atoms with E-state index in [1.165, 1.54) is 7.11 Å². The number of aromatic amines is 1. The quantitative estimate of drug-likeness (QED) is 0.716. The third-order valence-electron chi connectivity index (χ3n) is 3.46. The fourth-order valence-corrected chi connectivity index (χ4v) is 2.63. The highest BCUT2D eigenvalue weighted by Crippen LogP contribution is 2.38. The molecule has 5 nitrogen and oxygen atoms in total. The van der Waals surface area contributed by atoms with Gasteiger partial charge in [0.2, 0.25) is 0 Å². The van der Waals surface area contributed by atoms with E-state index in [-0.39, 0.29) is 5.56 Å². The molecule has 2 aromatic carbocycles. The zero-order valence-electron chi connectivity index (χ0n) is 13.0. The number of rotatable bonds is 5. The van der Waals surface area contributed by atoms with Crippen LogP contribution in [0.2, 0.25) is 5.02 Å². The molecule has 3 rings (SSSR count). The third kappa shape index (κ3) is 2.98. The molecule has 122 valence electrons. The molecular weight excluding hydrogens is 328 g/mol. The predicted molar refractivity (Wildman–Crippen MR) is 95.1 cm³/mol. The van der Waals surface area contributed by atoms with Gasteiger partial charge in [-0.1, -0.05) is 36.4 Å². The maximum atomic E-state index is 12.2. The first kappa shape index (κ1) is 16.1.